The van der Waals surface area contributed by atoms with Gasteiger partial charge in [0.25, 0.3) is 0 Å². The zero-order valence-corrected chi connectivity index (χ0v) is 15.8. The van der Waals surface area contributed by atoms with Crippen molar-refractivity contribution < 1.29 is 9.21 Å². The Hall–Kier alpha value is -2.60. The molecule has 1 N–H and O–H groups in total. The molecule has 134 valence electrons. The molecule has 0 aliphatic carbocycles. The number of furan rings is 1. The average Bonchev–Trinajstić information content (AvgIpc) is 3.26. The molecule has 0 aliphatic rings. The van der Waals surface area contributed by atoms with Gasteiger partial charge in [-0.2, -0.15) is 0 Å². The van der Waals surface area contributed by atoms with Gasteiger partial charge in [0, 0.05) is 5.56 Å². The second kappa shape index (κ2) is 8.19. The number of rotatable bonds is 7. The number of aryl methyl sites for hydroxylation is 1. The van der Waals surface area contributed by atoms with E-state index in [-0.39, 0.29) is 5.78 Å². The number of hydrogen-bond acceptors (Lipinski definition) is 5. The number of hydrogen-bond donors (Lipinski definition) is 1. The summed E-state index contributed by atoms with van der Waals surface area (Å²) >= 11 is 1.32. The molecule has 0 saturated heterocycles. The molecule has 0 aliphatic heterocycles. The Morgan fingerprint density at radius 2 is 1.96 bits per heavy atom. The molecule has 0 unspecified atom stereocenters. The molecular weight excluding hydrogens is 346 g/mol. The van der Waals surface area contributed by atoms with Crippen LogP contribution in [0.3, 0.4) is 0 Å². The summed E-state index contributed by atoms with van der Waals surface area (Å²) in [5.74, 6) is 3.07. The fourth-order valence-corrected chi connectivity index (χ4v) is 3.07. The number of nitrogens with zero attached hydrogens (tertiary/aromatic N) is 2. The second-order valence-electron chi connectivity index (χ2n) is 6.27. The monoisotopic (exact) mass is 367 g/mol. The lowest BCUT2D eigenvalue weighted by Gasteiger charge is -2.05. The van der Waals surface area contributed by atoms with Crippen LogP contribution in [0.1, 0.15) is 53.0 Å². The fraction of sp³-hybridized carbons (Fsp3) is 0.250. The summed E-state index contributed by atoms with van der Waals surface area (Å²) in [5.41, 5.74) is 1.94. The van der Waals surface area contributed by atoms with Gasteiger partial charge in [-0.3, -0.25) is 9.89 Å². The first-order chi connectivity index (χ1) is 12.5. The van der Waals surface area contributed by atoms with E-state index in [9.17, 15) is 4.79 Å². The lowest BCUT2D eigenvalue weighted by atomic mass is 10.0. The first-order valence-electron chi connectivity index (χ1n) is 8.44. The van der Waals surface area contributed by atoms with Crippen molar-refractivity contribution in [2.45, 2.75) is 31.8 Å². The molecule has 0 amide bonds. The molecule has 3 rings (SSSR count). The third-order valence-corrected chi connectivity index (χ3v) is 4.73. The van der Waals surface area contributed by atoms with Crippen molar-refractivity contribution in [3.05, 3.63) is 64.9 Å². The minimum atomic E-state index is 0.0678. The van der Waals surface area contributed by atoms with E-state index < -0.39 is 0 Å². The van der Waals surface area contributed by atoms with Crippen molar-refractivity contribution >= 4 is 29.7 Å². The van der Waals surface area contributed by atoms with Crippen LogP contribution in [-0.2, 0) is 0 Å². The smallest absolute Gasteiger partial charge is 0.209 e. The fourth-order valence-electron chi connectivity index (χ4n) is 2.37. The third-order valence-electron chi connectivity index (χ3n) is 3.88. The summed E-state index contributed by atoms with van der Waals surface area (Å²) < 4.78 is 5.46. The van der Waals surface area contributed by atoms with Crippen LogP contribution in [-0.4, -0.2) is 26.7 Å². The number of benzene rings is 1. The highest BCUT2D eigenvalue weighted by Gasteiger charge is 2.10. The van der Waals surface area contributed by atoms with Gasteiger partial charge < -0.3 is 4.42 Å². The molecule has 0 bridgehead atoms. The molecule has 0 saturated carbocycles. The number of thioether (sulfide) groups is 1. The van der Waals surface area contributed by atoms with E-state index >= 15 is 0 Å². The van der Waals surface area contributed by atoms with Crippen LogP contribution in [0.15, 0.2) is 46.0 Å². The Kier molecular flexibility index (Phi) is 5.73. The SMILES string of the molecule is Cc1ccc(C=Cc2nc(SCC(=O)c3ccc(C(C)C)cc3)n[nH]2)o1. The minimum Gasteiger partial charge on any atom is -0.462 e. The van der Waals surface area contributed by atoms with Crippen molar-refractivity contribution in [3.63, 3.8) is 0 Å². The van der Waals surface area contributed by atoms with Crippen molar-refractivity contribution in [2.24, 2.45) is 0 Å². The lowest BCUT2D eigenvalue weighted by Crippen LogP contribution is -2.03. The number of aromatic nitrogens is 3. The van der Waals surface area contributed by atoms with E-state index in [4.69, 9.17) is 4.42 Å². The zero-order chi connectivity index (χ0) is 18.5. The second-order valence-corrected chi connectivity index (χ2v) is 7.22. The number of nitrogens with one attached hydrogen (secondary N) is 1. The minimum absolute atomic E-state index is 0.0678. The van der Waals surface area contributed by atoms with Crippen LogP contribution < -0.4 is 0 Å². The summed E-state index contributed by atoms with van der Waals surface area (Å²) in [7, 11) is 0. The first kappa shape index (κ1) is 18.2. The van der Waals surface area contributed by atoms with E-state index in [2.05, 4.69) is 29.0 Å². The molecule has 26 heavy (non-hydrogen) atoms. The van der Waals surface area contributed by atoms with Gasteiger partial charge in [-0.25, -0.2) is 4.98 Å². The first-order valence-corrected chi connectivity index (χ1v) is 9.42. The molecule has 6 heteroatoms. The van der Waals surface area contributed by atoms with Gasteiger partial charge in [-0.15, -0.1) is 5.10 Å². The van der Waals surface area contributed by atoms with Crippen LogP contribution >= 0.6 is 11.8 Å². The summed E-state index contributed by atoms with van der Waals surface area (Å²) in [6, 6.07) is 11.6. The molecule has 2 heterocycles. The average molecular weight is 367 g/mol. The normalized spacial score (nSPS) is 11.5. The van der Waals surface area contributed by atoms with Gasteiger partial charge in [-0.1, -0.05) is 49.9 Å². The summed E-state index contributed by atoms with van der Waals surface area (Å²) in [4.78, 5) is 16.7. The molecule has 2 aromatic heterocycles. The van der Waals surface area contributed by atoms with E-state index in [1.54, 1.807) is 6.08 Å². The van der Waals surface area contributed by atoms with Crippen LogP contribution in [0.4, 0.5) is 0 Å². The Labute approximate surface area is 156 Å². The van der Waals surface area contributed by atoms with Crippen LogP contribution in [0.2, 0.25) is 0 Å². The summed E-state index contributed by atoms with van der Waals surface area (Å²) in [6.45, 7) is 6.16. The standard InChI is InChI=1S/C20H21N3O2S/c1-13(2)15-5-7-16(8-6-15)18(24)12-26-20-21-19(22-23-20)11-10-17-9-4-14(3)25-17/h4-11,13H,12H2,1-3H3,(H,21,22,23). The third kappa shape index (κ3) is 4.73. The molecule has 1 aromatic carbocycles. The summed E-state index contributed by atoms with van der Waals surface area (Å²) in [5, 5.41) is 7.52. The predicted octanol–water partition coefficient (Wildman–Crippen LogP) is 4.97. The maximum absolute atomic E-state index is 12.3. The largest absolute Gasteiger partial charge is 0.462 e. The van der Waals surface area contributed by atoms with Crippen LogP contribution in [0.5, 0.6) is 0 Å². The Morgan fingerprint density at radius 1 is 1.19 bits per heavy atom. The number of carbonyl (C=O) groups excluding carboxylic acids is 1. The van der Waals surface area contributed by atoms with Crippen molar-refractivity contribution in [3.8, 4) is 0 Å². The van der Waals surface area contributed by atoms with Gasteiger partial charge in [0.2, 0.25) is 5.16 Å². The van der Waals surface area contributed by atoms with Gasteiger partial charge in [0.05, 0.1) is 5.75 Å². The highest BCUT2D eigenvalue weighted by molar-refractivity contribution is 7.99. The van der Waals surface area contributed by atoms with Crippen LogP contribution in [0, 0.1) is 6.92 Å². The molecular formula is C20H21N3O2S. The number of ketones is 1. The number of H-pyrrole nitrogens is 1. The van der Waals surface area contributed by atoms with Crippen molar-refractivity contribution in [1.29, 1.82) is 0 Å². The van der Waals surface area contributed by atoms with Gasteiger partial charge in [0.1, 0.15) is 17.3 Å². The maximum Gasteiger partial charge on any atom is 0.209 e. The van der Waals surface area contributed by atoms with Gasteiger partial charge in [0.15, 0.2) is 5.78 Å². The van der Waals surface area contributed by atoms with Crippen molar-refractivity contribution in [1.82, 2.24) is 15.2 Å². The Morgan fingerprint density at radius 3 is 2.62 bits per heavy atom. The van der Waals surface area contributed by atoms with Gasteiger partial charge in [-0.05, 0) is 42.7 Å². The number of carbonyl (C=O) groups is 1. The molecule has 0 radical (unpaired) electrons. The lowest BCUT2D eigenvalue weighted by molar-refractivity contribution is 0.102. The highest BCUT2D eigenvalue weighted by Crippen LogP contribution is 2.18. The van der Waals surface area contributed by atoms with Crippen molar-refractivity contribution in [2.75, 3.05) is 5.75 Å². The molecule has 3 aromatic rings. The number of aromatic amines is 1. The molecule has 0 spiro atoms. The maximum atomic E-state index is 12.3. The molecule has 5 nitrogen and oxygen atoms in total. The molecule has 0 fully saturated rings. The Bertz CT molecular complexity index is 907. The van der Waals surface area contributed by atoms with Crippen LogP contribution in [0.25, 0.3) is 12.2 Å². The zero-order valence-electron chi connectivity index (χ0n) is 15.0. The quantitative estimate of drug-likeness (QED) is 0.471. The topological polar surface area (TPSA) is 71.8 Å². The van der Waals surface area contributed by atoms with Gasteiger partial charge >= 0.3 is 0 Å². The summed E-state index contributed by atoms with van der Waals surface area (Å²) in [6.07, 6.45) is 3.62. The van der Waals surface area contributed by atoms with E-state index in [1.165, 1.54) is 17.3 Å². The van der Waals surface area contributed by atoms with E-state index in [0.717, 1.165) is 11.5 Å². The van der Waals surface area contributed by atoms with E-state index in [1.807, 2.05) is 49.4 Å². The number of Topliss-reactive ketones (excluding diaryl/α,β-unsaturated/α-hetero) is 1. The van der Waals surface area contributed by atoms with E-state index in [0.29, 0.717) is 28.2 Å². The highest BCUT2D eigenvalue weighted by atomic mass is 32.2. The molecule has 0 atom stereocenters. The Balaban J connectivity index is 1.55. The predicted molar refractivity (Wildman–Crippen MR) is 104 cm³/mol.